The number of nitrogens with zero attached hydrogens (tertiary/aromatic N) is 3. The van der Waals surface area contributed by atoms with Crippen LogP contribution in [-0.2, 0) is 0 Å². The van der Waals surface area contributed by atoms with E-state index in [2.05, 4.69) is 15.3 Å². The minimum atomic E-state index is 0.240. The van der Waals surface area contributed by atoms with E-state index in [0.29, 0.717) is 5.92 Å². The van der Waals surface area contributed by atoms with Crippen molar-refractivity contribution in [2.24, 2.45) is 5.92 Å². The molecule has 2 aromatic heterocycles. The Bertz CT molecular complexity index is 883. The lowest BCUT2D eigenvalue weighted by Crippen LogP contribution is -2.18. The van der Waals surface area contributed by atoms with Gasteiger partial charge in [-0.25, -0.2) is 9.97 Å². The minimum absolute atomic E-state index is 0.240. The van der Waals surface area contributed by atoms with Gasteiger partial charge in [0.15, 0.2) is 0 Å². The highest BCUT2D eigenvalue weighted by Crippen LogP contribution is 2.34. The molecule has 0 radical (unpaired) electrons. The maximum atomic E-state index is 9.36. The van der Waals surface area contributed by atoms with Crippen LogP contribution >= 0.6 is 11.3 Å². The number of nitrogen functional groups attached to an aromatic ring is 1. The van der Waals surface area contributed by atoms with Crippen LogP contribution in [0.2, 0.25) is 0 Å². The Morgan fingerprint density at radius 1 is 1.19 bits per heavy atom. The van der Waals surface area contributed by atoms with Gasteiger partial charge in [-0.2, -0.15) is 4.98 Å². The fourth-order valence-corrected chi connectivity index (χ4v) is 4.21. The van der Waals surface area contributed by atoms with Gasteiger partial charge in [0.25, 0.3) is 0 Å². The van der Waals surface area contributed by atoms with Crippen LogP contribution in [0, 0.1) is 5.92 Å². The summed E-state index contributed by atoms with van der Waals surface area (Å²) in [5, 5.41) is 15.8. The summed E-state index contributed by atoms with van der Waals surface area (Å²) in [6.07, 6.45) is 4.71. The number of anilines is 2. The van der Waals surface area contributed by atoms with E-state index in [9.17, 15) is 5.11 Å². The molecular weight excluding hydrogens is 346 g/mol. The maximum Gasteiger partial charge on any atom is 0.221 e. The van der Waals surface area contributed by atoms with Crippen molar-refractivity contribution in [3.8, 4) is 21.8 Å². The third kappa shape index (κ3) is 3.54. The van der Waals surface area contributed by atoms with Gasteiger partial charge < -0.3 is 16.2 Å². The SMILES string of the molecule is Nc1ncc(-c2nc(-c3ccccc3)cs2)c(NC2CCC(CO)C2)n1. The summed E-state index contributed by atoms with van der Waals surface area (Å²) in [6, 6.07) is 10.4. The van der Waals surface area contributed by atoms with Crippen LogP contribution in [0.15, 0.2) is 41.9 Å². The van der Waals surface area contributed by atoms with Crippen LogP contribution in [0.3, 0.4) is 0 Å². The molecule has 6 nitrogen and oxygen atoms in total. The highest BCUT2D eigenvalue weighted by Gasteiger charge is 2.25. The lowest BCUT2D eigenvalue weighted by molar-refractivity contribution is 0.229. The zero-order chi connectivity index (χ0) is 17.9. The van der Waals surface area contributed by atoms with Gasteiger partial charge in [-0.1, -0.05) is 30.3 Å². The van der Waals surface area contributed by atoms with E-state index in [0.717, 1.165) is 46.9 Å². The predicted molar refractivity (Wildman–Crippen MR) is 105 cm³/mol. The second-order valence-corrected chi connectivity index (χ2v) is 7.46. The van der Waals surface area contributed by atoms with Gasteiger partial charge in [0.2, 0.25) is 5.95 Å². The van der Waals surface area contributed by atoms with Crippen LogP contribution in [0.5, 0.6) is 0 Å². The largest absolute Gasteiger partial charge is 0.396 e. The summed E-state index contributed by atoms with van der Waals surface area (Å²) < 4.78 is 0. The summed E-state index contributed by atoms with van der Waals surface area (Å²) in [5.41, 5.74) is 8.70. The van der Waals surface area contributed by atoms with Gasteiger partial charge in [0, 0.05) is 29.8 Å². The first-order chi connectivity index (χ1) is 12.7. The molecule has 0 amide bonds. The number of thiazole rings is 1. The van der Waals surface area contributed by atoms with E-state index >= 15 is 0 Å². The van der Waals surface area contributed by atoms with Crippen molar-refractivity contribution in [3.63, 3.8) is 0 Å². The number of benzene rings is 1. The molecule has 4 N–H and O–H groups in total. The molecule has 4 rings (SSSR count). The number of hydrogen-bond acceptors (Lipinski definition) is 7. The van der Waals surface area contributed by atoms with Gasteiger partial charge in [0.05, 0.1) is 11.3 Å². The highest BCUT2D eigenvalue weighted by molar-refractivity contribution is 7.13. The standard InChI is InChI=1S/C19H21N5OS/c20-19-21-9-15(17(24-19)22-14-7-6-12(8-14)10-25)18-23-16(11-26-18)13-4-2-1-3-5-13/h1-5,9,11-12,14,25H,6-8,10H2,(H3,20,21,22,24). The molecule has 2 unspecified atom stereocenters. The van der Waals surface area contributed by atoms with Crippen LogP contribution in [0.1, 0.15) is 19.3 Å². The lowest BCUT2D eigenvalue weighted by atomic mass is 10.1. The Morgan fingerprint density at radius 2 is 2.04 bits per heavy atom. The van der Waals surface area contributed by atoms with E-state index in [1.807, 2.05) is 35.7 Å². The molecule has 2 heterocycles. The average molecular weight is 367 g/mol. The van der Waals surface area contributed by atoms with Gasteiger partial charge in [0.1, 0.15) is 10.8 Å². The second-order valence-electron chi connectivity index (χ2n) is 6.60. The van der Waals surface area contributed by atoms with Gasteiger partial charge in [-0.05, 0) is 25.2 Å². The normalized spacial score (nSPS) is 19.6. The highest BCUT2D eigenvalue weighted by atomic mass is 32.1. The first-order valence-corrected chi connectivity index (χ1v) is 9.62. The van der Waals surface area contributed by atoms with Gasteiger partial charge in [-0.15, -0.1) is 11.3 Å². The molecule has 134 valence electrons. The Morgan fingerprint density at radius 3 is 2.81 bits per heavy atom. The zero-order valence-corrected chi connectivity index (χ0v) is 15.1. The van der Waals surface area contributed by atoms with E-state index in [1.54, 1.807) is 17.5 Å². The molecule has 0 bridgehead atoms. The lowest BCUT2D eigenvalue weighted by Gasteiger charge is -2.15. The number of aromatic nitrogens is 3. The van der Waals surface area contributed by atoms with Crippen molar-refractivity contribution in [1.82, 2.24) is 15.0 Å². The Balaban J connectivity index is 1.62. The fraction of sp³-hybridized carbons (Fsp3) is 0.316. The minimum Gasteiger partial charge on any atom is -0.396 e. The van der Waals surface area contributed by atoms with Crippen molar-refractivity contribution in [2.75, 3.05) is 17.7 Å². The predicted octanol–water partition coefficient (Wildman–Crippen LogP) is 3.42. The zero-order valence-electron chi connectivity index (χ0n) is 14.3. The van der Waals surface area contributed by atoms with Crippen molar-refractivity contribution in [2.45, 2.75) is 25.3 Å². The quantitative estimate of drug-likeness (QED) is 0.639. The number of rotatable bonds is 5. The fourth-order valence-electron chi connectivity index (χ4n) is 3.37. The molecule has 7 heteroatoms. The Labute approximate surface area is 156 Å². The molecular formula is C19H21N5OS. The third-order valence-corrected chi connectivity index (χ3v) is 5.63. The Hall–Kier alpha value is -2.51. The number of hydrogen-bond donors (Lipinski definition) is 3. The number of aliphatic hydroxyl groups is 1. The Kier molecular flexibility index (Phi) is 4.81. The first kappa shape index (κ1) is 16.9. The number of nitrogens with one attached hydrogen (secondary N) is 1. The topological polar surface area (TPSA) is 97.0 Å². The van der Waals surface area contributed by atoms with Gasteiger partial charge in [-0.3, -0.25) is 0 Å². The number of nitrogens with two attached hydrogens (primary N) is 1. The molecule has 1 fully saturated rings. The summed E-state index contributed by atoms with van der Waals surface area (Å²) in [6.45, 7) is 0.240. The van der Waals surface area contributed by atoms with Crippen molar-refractivity contribution < 1.29 is 5.11 Å². The second kappa shape index (κ2) is 7.39. The van der Waals surface area contributed by atoms with Crippen LogP contribution in [-0.4, -0.2) is 32.7 Å². The molecule has 2 atom stereocenters. The smallest absolute Gasteiger partial charge is 0.221 e. The van der Waals surface area contributed by atoms with Crippen LogP contribution in [0.25, 0.3) is 21.8 Å². The molecule has 0 aliphatic heterocycles. The third-order valence-electron chi connectivity index (χ3n) is 4.75. The first-order valence-electron chi connectivity index (χ1n) is 8.74. The summed E-state index contributed by atoms with van der Waals surface area (Å²) >= 11 is 1.57. The molecule has 1 aliphatic carbocycles. The van der Waals surface area contributed by atoms with E-state index < -0.39 is 0 Å². The molecule has 0 spiro atoms. The van der Waals surface area contributed by atoms with Crippen molar-refractivity contribution in [3.05, 3.63) is 41.9 Å². The monoisotopic (exact) mass is 367 g/mol. The van der Waals surface area contributed by atoms with Crippen molar-refractivity contribution >= 4 is 23.1 Å². The molecule has 1 aliphatic rings. The van der Waals surface area contributed by atoms with Crippen LogP contribution < -0.4 is 11.1 Å². The average Bonchev–Trinajstić information content (AvgIpc) is 3.32. The molecule has 26 heavy (non-hydrogen) atoms. The van der Waals surface area contributed by atoms with E-state index in [1.165, 1.54) is 0 Å². The summed E-state index contributed by atoms with van der Waals surface area (Å²) in [4.78, 5) is 13.3. The molecule has 3 aromatic rings. The van der Waals surface area contributed by atoms with E-state index in [4.69, 9.17) is 10.7 Å². The number of aliphatic hydroxyl groups excluding tert-OH is 1. The van der Waals surface area contributed by atoms with Gasteiger partial charge >= 0.3 is 0 Å². The molecule has 0 saturated heterocycles. The molecule has 1 saturated carbocycles. The summed E-state index contributed by atoms with van der Waals surface area (Å²) in [7, 11) is 0. The van der Waals surface area contributed by atoms with Crippen molar-refractivity contribution in [1.29, 1.82) is 0 Å². The summed E-state index contributed by atoms with van der Waals surface area (Å²) in [5.74, 6) is 1.32. The van der Waals surface area contributed by atoms with Crippen LogP contribution in [0.4, 0.5) is 11.8 Å². The van der Waals surface area contributed by atoms with E-state index in [-0.39, 0.29) is 18.6 Å². The maximum absolute atomic E-state index is 9.36. The molecule has 1 aromatic carbocycles.